The van der Waals surface area contributed by atoms with Crippen molar-refractivity contribution in [2.75, 3.05) is 19.6 Å². The molecule has 1 aliphatic rings. The SMILES string of the molecule is CCCN(CC1CCCCN1)C(C)c1ccccc1C. The second-order valence-electron chi connectivity index (χ2n) is 6.17. The number of hydrogen-bond acceptors (Lipinski definition) is 2. The zero-order valence-corrected chi connectivity index (χ0v) is 13.4. The maximum atomic E-state index is 3.69. The summed E-state index contributed by atoms with van der Waals surface area (Å²) in [5.74, 6) is 0. The number of hydrogen-bond donors (Lipinski definition) is 1. The van der Waals surface area contributed by atoms with Gasteiger partial charge in [0.15, 0.2) is 0 Å². The van der Waals surface area contributed by atoms with Crippen LogP contribution in [0.25, 0.3) is 0 Å². The second kappa shape index (κ2) is 7.80. The highest BCUT2D eigenvalue weighted by molar-refractivity contribution is 5.28. The van der Waals surface area contributed by atoms with Crippen molar-refractivity contribution >= 4 is 0 Å². The predicted molar refractivity (Wildman–Crippen MR) is 87.1 cm³/mol. The fraction of sp³-hybridized carbons (Fsp3) is 0.667. The molecule has 0 bridgehead atoms. The Morgan fingerprint density at radius 2 is 2.10 bits per heavy atom. The summed E-state index contributed by atoms with van der Waals surface area (Å²) in [5, 5.41) is 3.69. The number of aryl methyl sites for hydroxylation is 1. The number of nitrogens with zero attached hydrogens (tertiary/aromatic N) is 1. The van der Waals surface area contributed by atoms with Crippen molar-refractivity contribution in [1.82, 2.24) is 10.2 Å². The third kappa shape index (κ3) is 4.07. The molecule has 0 aliphatic carbocycles. The molecule has 1 heterocycles. The van der Waals surface area contributed by atoms with E-state index < -0.39 is 0 Å². The first-order valence-corrected chi connectivity index (χ1v) is 8.25. The molecular formula is C18H30N2. The zero-order chi connectivity index (χ0) is 14.4. The van der Waals surface area contributed by atoms with Crippen LogP contribution in [0.4, 0.5) is 0 Å². The summed E-state index contributed by atoms with van der Waals surface area (Å²) in [4.78, 5) is 2.66. The first kappa shape index (κ1) is 15.5. The quantitative estimate of drug-likeness (QED) is 0.846. The van der Waals surface area contributed by atoms with E-state index in [4.69, 9.17) is 0 Å². The maximum absolute atomic E-state index is 3.69. The van der Waals surface area contributed by atoms with E-state index in [0.29, 0.717) is 12.1 Å². The summed E-state index contributed by atoms with van der Waals surface area (Å²) < 4.78 is 0. The Kier molecular flexibility index (Phi) is 6.06. The topological polar surface area (TPSA) is 15.3 Å². The molecular weight excluding hydrogens is 244 g/mol. The highest BCUT2D eigenvalue weighted by atomic mass is 15.2. The average molecular weight is 274 g/mol. The molecule has 112 valence electrons. The molecule has 0 spiro atoms. The van der Waals surface area contributed by atoms with Gasteiger partial charge in [0, 0.05) is 18.6 Å². The Bertz CT molecular complexity index is 396. The van der Waals surface area contributed by atoms with Gasteiger partial charge in [-0.25, -0.2) is 0 Å². The lowest BCUT2D eigenvalue weighted by Gasteiger charge is -2.35. The van der Waals surface area contributed by atoms with Crippen molar-refractivity contribution in [3.05, 3.63) is 35.4 Å². The van der Waals surface area contributed by atoms with Gasteiger partial charge in [0.2, 0.25) is 0 Å². The van der Waals surface area contributed by atoms with Gasteiger partial charge in [0.1, 0.15) is 0 Å². The number of benzene rings is 1. The molecule has 2 heteroatoms. The Hall–Kier alpha value is -0.860. The number of rotatable bonds is 6. The third-order valence-electron chi connectivity index (χ3n) is 4.56. The lowest BCUT2D eigenvalue weighted by atomic mass is 9.99. The largest absolute Gasteiger partial charge is 0.313 e. The van der Waals surface area contributed by atoms with E-state index in [2.05, 4.69) is 55.3 Å². The standard InChI is InChI=1S/C18H30N2/c1-4-13-20(14-17-10-7-8-12-19-17)16(3)18-11-6-5-9-15(18)2/h5-6,9,11,16-17,19H,4,7-8,10,12-14H2,1-3H3. The van der Waals surface area contributed by atoms with Crippen LogP contribution < -0.4 is 5.32 Å². The van der Waals surface area contributed by atoms with Gasteiger partial charge in [-0.15, -0.1) is 0 Å². The van der Waals surface area contributed by atoms with E-state index in [1.165, 1.54) is 56.4 Å². The van der Waals surface area contributed by atoms with Crippen LogP contribution in [0.5, 0.6) is 0 Å². The summed E-state index contributed by atoms with van der Waals surface area (Å²) in [7, 11) is 0. The molecule has 1 aliphatic heterocycles. The van der Waals surface area contributed by atoms with Crippen molar-refractivity contribution in [3.63, 3.8) is 0 Å². The van der Waals surface area contributed by atoms with E-state index in [1.54, 1.807) is 0 Å². The smallest absolute Gasteiger partial charge is 0.0323 e. The van der Waals surface area contributed by atoms with Crippen molar-refractivity contribution in [2.45, 2.75) is 58.5 Å². The summed E-state index contributed by atoms with van der Waals surface area (Å²) in [6.45, 7) is 10.4. The van der Waals surface area contributed by atoms with Crippen molar-refractivity contribution < 1.29 is 0 Å². The molecule has 2 rings (SSSR count). The molecule has 1 N–H and O–H groups in total. The molecule has 2 atom stereocenters. The van der Waals surface area contributed by atoms with Gasteiger partial charge in [-0.3, -0.25) is 4.90 Å². The fourth-order valence-electron chi connectivity index (χ4n) is 3.35. The minimum Gasteiger partial charge on any atom is -0.313 e. The monoisotopic (exact) mass is 274 g/mol. The average Bonchev–Trinajstić information content (AvgIpc) is 2.48. The van der Waals surface area contributed by atoms with Crippen LogP contribution in [0.15, 0.2) is 24.3 Å². The van der Waals surface area contributed by atoms with Crippen molar-refractivity contribution in [2.24, 2.45) is 0 Å². The molecule has 2 nitrogen and oxygen atoms in total. The second-order valence-corrected chi connectivity index (χ2v) is 6.17. The molecule has 0 radical (unpaired) electrons. The Labute approximate surface area is 124 Å². The molecule has 0 aromatic heterocycles. The van der Waals surface area contributed by atoms with Gasteiger partial charge in [0.05, 0.1) is 0 Å². The van der Waals surface area contributed by atoms with E-state index in [-0.39, 0.29) is 0 Å². The summed E-state index contributed by atoms with van der Waals surface area (Å²) >= 11 is 0. The van der Waals surface area contributed by atoms with Crippen LogP contribution in [-0.2, 0) is 0 Å². The molecule has 0 amide bonds. The number of nitrogens with one attached hydrogen (secondary N) is 1. The normalized spacial score (nSPS) is 21.1. The van der Waals surface area contributed by atoms with E-state index in [1.807, 2.05) is 0 Å². The molecule has 1 saturated heterocycles. The van der Waals surface area contributed by atoms with Gasteiger partial charge in [-0.2, -0.15) is 0 Å². The highest BCUT2D eigenvalue weighted by Crippen LogP contribution is 2.24. The first-order valence-electron chi connectivity index (χ1n) is 8.25. The van der Waals surface area contributed by atoms with Gasteiger partial charge in [-0.05, 0) is 57.3 Å². The molecule has 20 heavy (non-hydrogen) atoms. The van der Waals surface area contributed by atoms with Crippen molar-refractivity contribution in [3.8, 4) is 0 Å². The Morgan fingerprint density at radius 3 is 2.75 bits per heavy atom. The predicted octanol–water partition coefficient (Wildman–Crippen LogP) is 3.91. The Morgan fingerprint density at radius 1 is 1.30 bits per heavy atom. The van der Waals surface area contributed by atoms with Crippen LogP contribution in [-0.4, -0.2) is 30.6 Å². The zero-order valence-electron chi connectivity index (χ0n) is 13.4. The molecule has 1 fully saturated rings. The van der Waals surface area contributed by atoms with Gasteiger partial charge in [0.25, 0.3) is 0 Å². The number of piperidine rings is 1. The summed E-state index contributed by atoms with van der Waals surface area (Å²) in [6.07, 6.45) is 5.29. The lowest BCUT2D eigenvalue weighted by Crippen LogP contribution is -2.44. The molecule has 0 saturated carbocycles. The van der Waals surface area contributed by atoms with E-state index >= 15 is 0 Å². The minimum absolute atomic E-state index is 0.514. The van der Waals surface area contributed by atoms with E-state index in [9.17, 15) is 0 Å². The Balaban J connectivity index is 2.04. The van der Waals surface area contributed by atoms with Crippen molar-refractivity contribution in [1.29, 1.82) is 0 Å². The van der Waals surface area contributed by atoms with Gasteiger partial charge in [-0.1, -0.05) is 37.6 Å². The third-order valence-corrected chi connectivity index (χ3v) is 4.56. The molecule has 2 unspecified atom stereocenters. The van der Waals surface area contributed by atoms with E-state index in [0.717, 1.165) is 0 Å². The van der Waals surface area contributed by atoms with Crippen LogP contribution in [0.3, 0.4) is 0 Å². The van der Waals surface area contributed by atoms with Crippen LogP contribution in [0.1, 0.15) is 56.7 Å². The fourth-order valence-corrected chi connectivity index (χ4v) is 3.35. The van der Waals surface area contributed by atoms with Crippen LogP contribution in [0, 0.1) is 6.92 Å². The maximum Gasteiger partial charge on any atom is 0.0323 e. The molecule has 1 aromatic rings. The first-order chi connectivity index (χ1) is 9.72. The highest BCUT2D eigenvalue weighted by Gasteiger charge is 2.21. The van der Waals surface area contributed by atoms with Gasteiger partial charge >= 0.3 is 0 Å². The van der Waals surface area contributed by atoms with Crippen LogP contribution in [0.2, 0.25) is 0 Å². The van der Waals surface area contributed by atoms with Gasteiger partial charge < -0.3 is 5.32 Å². The minimum atomic E-state index is 0.514. The lowest BCUT2D eigenvalue weighted by molar-refractivity contribution is 0.175. The summed E-state index contributed by atoms with van der Waals surface area (Å²) in [5.41, 5.74) is 2.90. The van der Waals surface area contributed by atoms with Crippen LogP contribution >= 0.6 is 0 Å². The summed E-state index contributed by atoms with van der Waals surface area (Å²) in [6, 6.07) is 10.0. The molecule has 1 aromatic carbocycles.